The van der Waals surface area contributed by atoms with Crippen LogP contribution in [-0.4, -0.2) is 12.8 Å². The van der Waals surface area contributed by atoms with Crippen LogP contribution in [0.15, 0.2) is 16.1 Å². The Kier molecular flexibility index (Phi) is 1.35. The van der Waals surface area contributed by atoms with Crippen LogP contribution in [0.25, 0.3) is 0 Å². The summed E-state index contributed by atoms with van der Waals surface area (Å²) in [5, 5.41) is 0. The van der Waals surface area contributed by atoms with Gasteiger partial charge in [0, 0.05) is 6.21 Å². The molecule has 1 aliphatic carbocycles. The first-order valence-electron chi connectivity index (χ1n) is 4.67. The number of hydrogen-bond acceptors (Lipinski definition) is 1. The van der Waals surface area contributed by atoms with Crippen molar-refractivity contribution in [2.24, 2.45) is 15.8 Å². The lowest BCUT2D eigenvalue weighted by Gasteiger charge is -2.25. The second-order valence-electron chi connectivity index (χ2n) is 5.31. The molecule has 1 heterocycles. The molecule has 0 atom stereocenters. The zero-order chi connectivity index (χ0) is 8.98. The van der Waals surface area contributed by atoms with E-state index < -0.39 is 0 Å². The molecule has 2 rings (SSSR count). The number of hydrogen-bond donors (Lipinski definition) is 0. The Balaban J connectivity index is 2.49. The smallest absolute Gasteiger partial charge is 0.0611 e. The fourth-order valence-corrected chi connectivity index (χ4v) is 2.86. The van der Waals surface area contributed by atoms with E-state index in [2.05, 4.69) is 38.9 Å². The van der Waals surface area contributed by atoms with E-state index in [1.54, 1.807) is 5.57 Å². The van der Waals surface area contributed by atoms with Gasteiger partial charge in [-0.2, -0.15) is 0 Å². The van der Waals surface area contributed by atoms with Gasteiger partial charge in [0.25, 0.3) is 0 Å². The Morgan fingerprint density at radius 2 is 1.83 bits per heavy atom. The summed E-state index contributed by atoms with van der Waals surface area (Å²) in [4.78, 5) is 4.36. The molecule has 1 nitrogen and oxygen atoms in total. The van der Waals surface area contributed by atoms with Crippen LogP contribution in [0.4, 0.5) is 0 Å². The maximum absolute atomic E-state index is 4.36. The molecule has 0 unspecified atom stereocenters. The van der Waals surface area contributed by atoms with Gasteiger partial charge < -0.3 is 0 Å². The second kappa shape index (κ2) is 2.01. The van der Waals surface area contributed by atoms with Crippen LogP contribution in [0.5, 0.6) is 0 Å². The summed E-state index contributed by atoms with van der Waals surface area (Å²) in [7, 11) is 0. The van der Waals surface area contributed by atoms with Gasteiger partial charge in [-0.3, -0.25) is 4.99 Å². The maximum atomic E-state index is 4.36. The molecule has 0 amide bonds. The zero-order valence-corrected chi connectivity index (χ0v) is 8.44. The van der Waals surface area contributed by atoms with Gasteiger partial charge >= 0.3 is 0 Å². The normalized spacial score (nSPS) is 29.7. The van der Waals surface area contributed by atoms with Crippen LogP contribution in [0.3, 0.4) is 0 Å². The lowest BCUT2D eigenvalue weighted by atomic mass is 9.79. The summed E-state index contributed by atoms with van der Waals surface area (Å²) in [5.74, 6) is 0. The van der Waals surface area contributed by atoms with Crippen molar-refractivity contribution >= 4 is 6.21 Å². The maximum Gasteiger partial charge on any atom is 0.0611 e. The predicted molar refractivity (Wildman–Crippen MR) is 52.6 cm³/mol. The van der Waals surface area contributed by atoms with Gasteiger partial charge in [-0.1, -0.05) is 27.7 Å². The van der Waals surface area contributed by atoms with Gasteiger partial charge in [-0.05, 0) is 28.4 Å². The molecular weight excluding hydrogens is 146 g/mol. The average Bonchev–Trinajstić information content (AvgIpc) is 2.34. The molecule has 1 aliphatic heterocycles. The number of rotatable bonds is 0. The van der Waals surface area contributed by atoms with E-state index in [0.29, 0.717) is 10.8 Å². The van der Waals surface area contributed by atoms with E-state index in [1.165, 1.54) is 12.0 Å². The highest BCUT2D eigenvalue weighted by Gasteiger charge is 2.44. The molecule has 0 aromatic rings. The molecule has 0 aromatic carbocycles. The Morgan fingerprint density at radius 1 is 1.17 bits per heavy atom. The van der Waals surface area contributed by atoms with Crippen molar-refractivity contribution < 1.29 is 0 Å². The largest absolute Gasteiger partial charge is 0.288 e. The van der Waals surface area contributed by atoms with E-state index >= 15 is 0 Å². The highest BCUT2D eigenvalue weighted by atomic mass is 14.8. The molecule has 0 saturated carbocycles. The highest BCUT2D eigenvalue weighted by Crippen LogP contribution is 2.53. The van der Waals surface area contributed by atoms with E-state index in [4.69, 9.17) is 0 Å². The topological polar surface area (TPSA) is 12.4 Å². The van der Waals surface area contributed by atoms with Crippen molar-refractivity contribution in [3.63, 3.8) is 0 Å². The fraction of sp³-hybridized carbons (Fsp3) is 0.727. The summed E-state index contributed by atoms with van der Waals surface area (Å²) >= 11 is 0. The molecule has 0 saturated heterocycles. The molecular formula is C11H17N. The van der Waals surface area contributed by atoms with E-state index in [0.717, 1.165) is 6.54 Å². The third-order valence-electron chi connectivity index (χ3n) is 3.22. The lowest BCUT2D eigenvalue weighted by molar-refractivity contribution is 0.318. The minimum atomic E-state index is 0.360. The number of allylic oxidation sites excluding steroid dienone is 1. The predicted octanol–water partition coefficient (Wildman–Crippen LogP) is 2.82. The van der Waals surface area contributed by atoms with Crippen LogP contribution >= 0.6 is 0 Å². The van der Waals surface area contributed by atoms with Gasteiger partial charge in [0.1, 0.15) is 0 Å². The summed E-state index contributed by atoms with van der Waals surface area (Å²) in [6.07, 6.45) is 3.36. The molecule has 2 aliphatic rings. The summed E-state index contributed by atoms with van der Waals surface area (Å²) in [6.45, 7) is 10.3. The van der Waals surface area contributed by atoms with Gasteiger partial charge in [0.2, 0.25) is 0 Å². The quantitative estimate of drug-likeness (QED) is 0.520. The fourth-order valence-electron chi connectivity index (χ4n) is 2.86. The van der Waals surface area contributed by atoms with Crippen molar-refractivity contribution in [3.05, 3.63) is 11.1 Å². The molecule has 66 valence electrons. The van der Waals surface area contributed by atoms with Gasteiger partial charge in [-0.25, -0.2) is 0 Å². The molecule has 0 aromatic heterocycles. The third-order valence-corrected chi connectivity index (χ3v) is 3.22. The second-order valence-corrected chi connectivity index (χ2v) is 5.31. The number of nitrogens with zero attached hydrogens (tertiary/aromatic N) is 1. The minimum absolute atomic E-state index is 0.360. The summed E-state index contributed by atoms with van der Waals surface area (Å²) in [6, 6.07) is 0. The van der Waals surface area contributed by atoms with Crippen molar-refractivity contribution in [3.8, 4) is 0 Å². The first-order chi connectivity index (χ1) is 5.43. The van der Waals surface area contributed by atoms with Gasteiger partial charge in [0.15, 0.2) is 0 Å². The van der Waals surface area contributed by atoms with Gasteiger partial charge in [0.05, 0.1) is 6.54 Å². The van der Waals surface area contributed by atoms with Gasteiger partial charge in [-0.15, -0.1) is 0 Å². The minimum Gasteiger partial charge on any atom is -0.288 e. The van der Waals surface area contributed by atoms with Crippen LogP contribution in [-0.2, 0) is 0 Å². The van der Waals surface area contributed by atoms with Crippen LogP contribution in [0, 0.1) is 10.8 Å². The van der Waals surface area contributed by atoms with Crippen molar-refractivity contribution in [1.29, 1.82) is 0 Å². The van der Waals surface area contributed by atoms with Crippen molar-refractivity contribution in [2.45, 2.75) is 34.1 Å². The Bertz CT molecular complexity index is 279. The lowest BCUT2D eigenvalue weighted by Crippen LogP contribution is -2.17. The molecule has 12 heavy (non-hydrogen) atoms. The molecule has 0 radical (unpaired) electrons. The molecule has 0 spiro atoms. The first kappa shape index (κ1) is 8.03. The Morgan fingerprint density at radius 3 is 2.42 bits per heavy atom. The molecule has 1 heteroatoms. The van der Waals surface area contributed by atoms with E-state index in [9.17, 15) is 0 Å². The molecule has 0 fully saturated rings. The van der Waals surface area contributed by atoms with E-state index in [1.807, 2.05) is 0 Å². The third kappa shape index (κ3) is 0.886. The summed E-state index contributed by atoms with van der Waals surface area (Å²) in [5.41, 5.74) is 3.83. The number of aliphatic imine (C=N–C) groups is 1. The zero-order valence-electron chi connectivity index (χ0n) is 8.44. The molecule has 0 N–H and O–H groups in total. The van der Waals surface area contributed by atoms with Crippen LogP contribution in [0.2, 0.25) is 0 Å². The van der Waals surface area contributed by atoms with Crippen molar-refractivity contribution in [2.75, 3.05) is 6.54 Å². The monoisotopic (exact) mass is 163 g/mol. The Hall–Kier alpha value is -0.590. The highest BCUT2D eigenvalue weighted by molar-refractivity contribution is 5.85. The van der Waals surface area contributed by atoms with E-state index in [-0.39, 0.29) is 0 Å². The van der Waals surface area contributed by atoms with Crippen LogP contribution in [0.1, 0.15) is 34.1 Å². The standard InChI is InChI=1S/C11H17N/c1-10(2)7-11(3,4)9-6-12-5-8(9)10/h5H,6-7H2,1-4H3. The first-order valence-corrected chi connectivity index (χ1v) is 4.67. The Labute approximate surface area is 74.6 Å². The van der Waals surface area contributed by atoms with Crippen LogP contribution < -0.4 is 0 Å². The summed E-state index contributed by atoms with van der Waals surface area (Å²) < 4.78 is 0. The SMILES string of the molecule is CC1(C)CC(C)(C)C2=C1C=NC2. The van der Waals surface area contributed by atoms with Crippen molar-refractivity contribution in [1.82, 2.24) is 0 Å². The molecule has 0 bridgehead atoms. The average molecular weight is 163 g/mol.